The van der Waals surface area contributed by atoms with E-state index in [-0.39, 0.29) is 23.8 Å². The molecule has 0 spiro atoms. The van der Waals surface area contributed by atoms with Gasteiger partial charge >= 0.3 is 5.97 Å². The molecule has 1 aliphatic heterocycles. The first-order valence-corrected chi connectivity index (χ1v) is 8.59. The van der Waals surface area contributed by atoms with Crippen LogP contribution in [-0.2, 0) is 14.3 Å². The number of esters is 1. The van der Waals surface area contributed by atoms with E-state index in [9.17, 15) is 14.4 Å². The molecule has 3 rings (SSSR count). The third kappa shape index (κ3) is 4.56. The second-order valence-corrected chi connectivity index (χ2v) is 6.15. The zero-order chi connectivity index (χ0) is 20.1. The third-order valence-electron chi connectivity index (χ3n) is 4.10. The van der Waals surface area contributed by atoms with Crippen molar-refractivity contribution < 1.29 is 28.6 Å². The van der Waals surface area contributed by atoms with Gasteiger partial charge in [-0.2, -0.15) is 0 Å². The maximum Gasteiger partial charge on any atom is 0.331 e. The first-order valence-electron chi connectivity index (χ1n) is 8.59. The summed E-state index contributed by atoms with van der Waals surface area (Å²) in [6, 6.07) is 10.6. The summed E-state index contributed by atoms with van der Waals surface area (Å²) in [4.78, 5) is 35.8. The smallest absolute Gasteiger partial charge is 0.331 e. The molecule has 1 aliphatic rings. The number of ketones is 1. The molecule has 1 N–H and O–H groups in total. The normalized spacial score (nSPS) is 12.1. The average Bonchev–Trinajstić information content (AvgIpc) is 3.12. The molecule has 0 atom stereocenters. The van der Waals surface area contributed by atoms with Gasteiger partial charge in [0, 0.05) is 17.7 Å². The van der Waals surface area contributed by atoms with Crippen LogP contribution in [0.3, 0.4) is 0 Å². The van der Waals surface area contributed by atoms with Crippen LogP contribution in [0.25, 0.3) is 6.08 Å². The van der Waals surface area contributed by atoms with Gasteiger partial charge in [0.2, 0.25) is 6.79 Å². The van der Waals surface area contributed by atoms with Crippen molar-refractivity contribution in [2.45, 2.75) is 13.8 Å². The highest BCUT2D eigenvalue weighted by molar-refractivity contribution is 6.05. The van der Waals surface area contributed by atoms with E-state index >= 15 is 0 Å². The number of nitrogens with one attached hydrogen (secondary N) is 1. The van der Waals surface area contributed by atoms with E-state index in [1.165, 1.54) is 25.1 Å². The van der Waals surface area contributed by atoms with Crippen molar-refractivity contribution >= 4 is 29.4 Å². The van der Waals surface area contributed by atoms with Crippen molar-refractivity contribution in [2.24, 2.45) is 0 Å². The number of carbonyl (C=O) groups is 3. The molecule has 1 heterocycles. The molecule has 2 aromatic carbocycles. The molecule has 0 aliphatic carbocycles. The monoisotopic (exact) mass is 381 g/mol. The van der Waals surface area contributed by atoms with E-state index in [0.717, 1.165) is 11.1 Å². The molecule has 0 unspecified atom stereocenters. The average molecular weight is 381 g/mol. The van der Waals surface area contributed by atoms with Crippen LogP contribution in [0.5, 0.6) is 11.5 Å². The van der Waals surface area contributed by atoms with E-state index in [0.29, 0.717) is 11.5 Å². The Balaban J connectivity index is 1.59. The summed E-state index contributed by atoms with van der Waals surface area (Å²) in [5.74, 6) is -0.587. The molecule has 7 nitrogen and oxygen atoms in total. The summed E-state index contributed by atoms with van der Waals surface area (Å²) in [5, 5.41) is 2.56. The van der Waals surface area contributed by atoms with Crippen molar-refractivity contribution in [1.82, 2.24) is 0 Å². The Bertz CT molecular complexity index is 963. The van der Waals surface area contributed by atoms with E-state index in [1.807, 2.05) is 31.2 Å². The zero-order valence-electron chi connectivity index (χ0n) is 15.5. The van der Waals surface area contributed by atoms with Crippen molar-refractivity contribution in [3.05, 3.63) is 59.2 Å². The number of ether oxygens (including phenoxy) is 3. The summed E-state index contributed by atoms with van der Waals surface area (Å²) in [7, 11) is 0. The molecule has 7 heteroatoms. The van der Waals surface area contributed by atoms with Gasteiger partial charge in [0.1, 0.15) is 0 Å². The number of carbonyl (C=O) groups excluding carboxylic acids is 3. The number of benzene rings is 2. The second-order valence-electron chi connectivity index (χ2n) is 6.15. The number of hydrogen-bond donors (Lipinski definition) is 1. The Hall–Kier alpha value is -3.61. The maximum atomic E-state index is 12.1. The molecule has 144 valence electrons. The van der Waals surface area contributed by atoms with E-state index in [4.69, 9.17) is 14.2 Å². The summed E-state index contributed by atoms with van der Waals surface area (Å²) in [5.41, 5.74) is 2.45. The number of rotatable bonds is 6. The van der Waals surface area contributed by atoms with Gasteiger partial charge in [0.15, 0.2) is 23.9 Å². The highest BCUT2D eigenvalue weighted by Crippen LogP contribution is 2.37. The van der Waals surface area contributed by atoms with Crippen LogP contribution in [0.4, 0.5) is 5.69 Å². The lowest BCUT2D eigenvalue weighted by atomic mass is 10.1. The van der Waals surface area contributed by atoms with Crippen molar-refractivity contribution in [3.63, 3.8) is 0 Å². The van der Waals surface area contributed by atoms with Crippen molar-refractivity contribution in [2.75, 3.05) is 18.7 Å². The second kappa shape index (κ2) is 8.39. The van der Waals surface area contributed by atoms with E-state index in [1.54, 1.807) is 6.08 Å². The largest absolute Gasteiger partial charge is 0.454 e. The summed E-state index contributed by atoms with van der Waals surface area (Å²) < 4.78 is 15.4. The zero-order valence-corrected chi connectivity index (χ0v) is 15.5. The van der Waals surface area contributed by atoms with Crippen LogP contribution in [0.2, 0.25) is 0 Å². The molecule has 0 saturated heterocycles. The summed E-state index contributed by atoms with van der Waals surface area (Å²) in [6.07, 6.45) is 2.89. The highest BCUT2D eigenvalue weighted by Gasteiger charge is 2.20. The first kappa shape index (κ1) is 19.2. The van der Waals surface area contributed by atoms with Gasteiger partial charge in [-0.1, -0.05) is 24.3 Å². The minimum atomic E-state index is -0.643. The van der Waals surface area contributed by atoms with Gasteiger partial charge in [-0.3, -0.25) is 9.59 Å². The van der Waals surface area contributed by atoms with Gasteiger partial charge < -0.3 is 19.5 Å². The Morgan fingerprint density at radius 2 is 1.86 bits per heavy atom. The van der Waals surface area contributed by atoms with Crippen LogP contribution in [0.15, 0.2) is 42.5 Å². The van der Waals surface area contributed by atoms with Gasteiger partial charge in [0.05, 0.1) is 5.69 Å². The quantitative estimate of drug-likeness (QED) is 0.470. The maximum absolute atomic E-state index is 12.1. The summed E-state index contributed by atoms with van der Waals surface area (Å²) >= 11 is 0. The fourth-order valence-electron chi connectivity index (χ4n) is 2.64. The van der Waals surface area contributed by atoms with Gasteiger partial charge in [-0.05, 0) is 37.1 Å². The van der Waals surface area contributed by atoms with Gasteiger partial charge in [-0.15, -0.1) is 0 Å². The van der Waals surface area contributed by atoms with Crippen molar-refractivity contribution in [3.8, 4) is 11.5 Å². The molecule has 0 radical (unpaired) electrons. The molecule has 0 saturated carbocycles. The standard InChI is InChI=1S/C21H19NO6/c1-13-5-3-4-6-15(13)7-8-21(25)26-11-20(24)22-17-10-19-18(27-12-28-19)9-16(17)14(2)23/h3-10H,11-12H2,1-2H3,(H,22,24)/b8-7+. The van der Waals surface area contributed by atoms with E-state index < -0.39 is 18.5 Å². The lowest BCUT2D eigenvalue weighted by Gasteiger charge is -2.10. The third-order valence-corrected chi connectivity index (χ3v) is 4.10. The number of hydrogen-bond acceptors (Lipinski definition) is 6. The molecule has 1 amide bonds. The number of fused-ring (bicyclic) bond motifs is 1. The topological polar surface area (TPSA) is 90.9 Å². The fraction of sp³-hybridized carbons (Fsp3) is 0.190. The SMILES string of the molecule is CC(=O)c1cc2c(cc1NC(=O)COC(=O)/C=C/c1ccccc1C)OCO2. The Morgan fingerprint density at radius 1 is 1.14 bits per heavy atom. The summed E-state index contributed by atoms with van der Waals surface area (Å²) in [6.45, 7) is 2.87. The molecule has 28 heavy (non-hydrogen) atoms. The Labute approximate surface area is 161 Å². The first-order chi connectivity index (χ1) is 13.4. The molecule has 0 bridgehead atoms. The molecule has 0 fully saturated rings. The minimum Gasteiger partial charge on any atom is -0.454 e. The number of amides is 1. The highest BCUT2D eigenvalue weighted by atomic mass is 16.7. The van der Waals surface area contributed by atoms with Crippen molar-refractivity contribution in [1.29, 1.82) is 0 Å². The van der Waals surface area contributed by atoms with Gasteiger partial charge in [-0.25, -0.2) is 4.79 Å². The van der Waals surface area contributed by atoms with Crippen LogP contribution >= 0.6 is 0 Å². The lowest BCUT2D eigenvalue weighted by molar-refractivity contribution is -0.142. The molecule has 2 aromatic rings. The van der Waals surface area contributed by atoms with E-state index in [2.05, 4.69) is 5.32 Å². The minimum absolute atomic E-state index is 0.0505. The molecular weight excluding hydrogens is 362 g/mol. The Morgan fingerprint density at radius 3 is 2.57 bits per heavy atom. The van der Waals surface area contributed by atoms with Crippen LogP contribution in [0, 0.1) is 6.92 Å². The molecular formula is C21H19NO6. The number of anilines is 1. The number of Topliss-reactive ketones (excluding diaryl/α,β-unsaturated/α-hetero) is 1. The van der Waals surface area contributed by atoms with Crippen LogP contribution < -0.4 is 14.8 Å². The number of aryl methyl sites for hydroxylation is 1. The predicted molar refractivity (Wildman–Crippen MR) is 102 cm³/mol. The predicted octanol–water partition coefficient (Wildman–Crippen LogP) is 3.12. The fourth-order valence-corrected chi connectivity index (χ4v) is 2.64. The van der Waals surface area contributed by atoms with Crippen LogP contribution in [0.1, 0.15) is 28.4 Å². The van der Waals surface area contributed by atoms with Gasteiger partial charge in [0.25, 0.3) is 5.91 Å². The molecule has 0 aromatic heterocycles. The lowest BCUT2D eigenvalue weighted by Crippen LogP contribution is -2.21. The van der Waals surface area contributed by atoms with Crippen LogP contribution in [-0.4, -0.2) is 31.1 Å². The Kier molecular flexibility index (Phi) is 5.74.